The third-order valence-electron chi connectivity index (χ3n) is 5.55. The SMILES string of the molecule is Cl.[C-]#[N+]c1ccc(Cn2c(OC)nc3nc(N4CCCC(N)C4)n(CC#CC)c3c2=O)cc1. The lowest BCUT2D eigenvalue weighted by Gasteiger charge is -2.31. The topological polar surface area (TPSA) is 95.6 Å². The largest absolute Gasteiger partial charge is 0.468 e. The van der Waals surface area contributed by atoms with Crippen molar-refractivity contribution in [3.05, 3.63) is 51.6 Å². The number of piperidine rings is 1. The average Bonchev–Trinajstić information content (AvgIpc) is 3.18. The summed E-state index contributed by atoms with van der Waals surface area (Å²) >= 11 is 0. The molecule has 1 aliphatic rings. The number of nitrogens with two attached hydrogens (primary N) is 1. The molecular weight excluding hydrogens is 442 g/mol. The van der Waals surface area contributed by atoms with Crippen molar-refractivity contribution in [3.63, 3.8) is 0 Å². The van der Waals surface area contributed by atoms with Gasteiger partial charge < -0.3 is 15.4 Å². The highest BCUT2D eigenvalue weighted by Gasteiger charge is 2.26. The Morgan fingerprint density at radius 3 is 2.67 bits per heavy atom. The maximum atomic E-state index is 13.6. The zero-order valence-corrected chi connectivity index (χ0v) is 19.4. The van der Waals surface area contributed by atoms with Crippen molar-refractivity contribution in [1.82, 2.24) is 19.1 Å². The molecule has 0 radical (unpaired) electrons. The second-order valence-corrected chi connectivity index (χ2v) is 7.71. The van der Waals surface area contributed by atoms with Gasteiger partial charge in [0.2, 0.25) is 5.95 Å². The molecule has 2 aromatic heterocycles. The van der Waals surface area contributed by atoms with Gasteiger partial charge >= 0.3 is 6.01 Å². The van der Waals surface area contributed by atoms with Crippen molar-refractivity contribution in [3.8, 4) is 17.9 Å². The van der Waals surface area contributed by atoms with E-state index in [0.29, 0.717) is 35.9 Å². The molecule has 2 N–H and O–H groups in total. The van der Waals surface area contributed by atoms with Crippen LogP contribution in [0.2, 0.25) is 0 Å². The van der Waals surface area contributed by atoms with Crippen molar-refractivity contribution in [1.29, 1.82) is 0 Å². The standard InChI is InChI=1S/C23H25N7O2.ClH/c1-4-5-13-29-19-20(26-22(29)28-12-6-7-17(24)15-28)27-23(32-3)30(21(19)31)14-16-8-10-18(25-2)11-9-16;/h8-11,17H,6-7,12-15,24H2,1,3H3;1H. The molecule has 3 heterocycles. The van der Waals surface area contributed by atoms with E-state index in [2.05, 4.69) is 26.6 Å². The Balaban J connectivity index is 0.00000306. The molecule has 9 nitrogen and oxygen atoms in total. The van der Waals surface area contributed by atoms with E-state index >= 15 is 0 Å². The fourth-order valence-corrected chi connectivity index (χ4v) is 3.98. The molecule has 3 aromatic rings. The summed E-state index contributed by atoms with van der Waals surface area (Å²) in [6, 6.07) is 7.35. The molecule has 0 saturated carbocycles. The molecule has 0 spiro atoms. The van der Waals surface area contributed by atoms with Crippen LogP contribution in [0.3, 0.4) is 0 Å². The quantitative estimate of drug-likeness (QED) is 0.457. The maximum absolute atomic E-state index is 13.6. The first-order chi connectivity index (χ1) is 15.5. The normalized spacial score (nSPS) is 15.3. The lowest BCUT2D eigenvalue weighted by atomic mass is 10.1. The van der Waals surface area contributed by atoms with Gasteiger partial charge in [0, 0.05) is 19.1 Å². The lowest BCUT2D eigenvalue weighted by Crippen LogP contribution is -2.44. The fourth-order valence-electron chi connectivity index (χ4n) is 3.98. The second-order valence-electron chi connectivity index (χ2n) is 7.71. The van der Waals surface area contributed by atoms with E-state index in [1.807, 2.05) is 16.7 Å². The van der Waals surface area contributed by atoms with Gasteiger partial charge in [0.15, 0.2) is 16.9 Å². The number of imidazole rings is 1. The number of methoxy groups -OCH3 is 1. The van der Waals surface area contributed by atoms with Crippen molar-refractivity contribution < 1.29 is 4.74 Å². The number of hydrogen-bond donors (Lipinski definition) is 1. The van der Waals surface area contributed by atoms with E-state index in [1.54, 1.807) is 19.1 Å². The Labute approximate surface area is 198 Å². The first-order valence-electron chi connectivity index (χ1n) is 10.5. The van der Waals surface area contributed by atoms with E-state index in [-0.39, 0.29) is 36.6 Å². The second kappa shape index (κ2) is 10.4. The number of fused-ring (bicyclic) bond motifs is 1. The minimum Gasteiger partial charge on any atom is -0.468 e. The number of aromatic nitrogens is 4. The van der Waals surface area contributed by atoms with Gasteiger partial charge in [0.05, 0.1) is 26.8 Å². The highest BCUT2D eigenvalue weighted by molar-refractivity contribution is 5.85. The molecule has 0 amide bonds. The van der Waals surface area contributed by atoms with Crippen LogP contribution in [0.4, 0.5) is 11.6 Å². The minimum atomic E-state index is -0.251. The van der Waals surface area contributed by atoms with Gasteiger partial charge in [-0.1, -0.05) is 30.2 Å². The van der Waals surface area contributed by atoms with Crippen molar-refractivity contribution in [2.45, 2.75) is 38.9 Å². The molecular formula is C23H26ClN7O2. The van der Waals surface area contributed by atoms with Gasteiger partial charge in [-0.05, 0) is 25.3 Å². The molecule has 1 unspecified atom stereocenters. The van der Waals surface area contributed by atoms with Crippen LogP contribution < -0.4 is 20.9 Å². The summed E-state index contributed by atoms with van der Waals surface area (Å²) in [5.74, 6) is 6.60. The third-order valence-corrected chi connectivity index (χ3v) is 5.55. The number of rotatable bonds is 5. The van der Waals surface area contributed by atoms with Gasteiger partial charge in [-0.3, -0.25) is 13.9 Å². The van der Waals surface area contributed by atoms with E-state index in [1.165, 1.54) is 11.7 Å². The number of hydrogen-bond acceptors (Lipinski definition) is 6. The number of anilines is 1. The van der Waals surface area contributed by atoms with Crippen LogP contribution in [0.1, 0.15) is 25.3 Å². The maximum Gasteiger partial charge on any atom is 0.301 e. The highest BCUT2D eigenvalue weighted by Crippen LogP contribution is 2.24. The summed E-state index contributed by atoms with van der Waals surface area (Å²) in [4.78, 5) is 28.4. The molecule has 172 valence electrons. The third kappa shape index (κ3) is 4.80. The van der Waals surface area contributed by atoms with Gasteiger partial charge in [-0.15, -0.1) is 18.3 Å². The van der Waals surface area contributed by atoms with Crippen molar-refractivity contribution >= 4 is 35.2 Å². The predicted molar refractivity (Wildman–Crippen MR) is 130 cm³/mol. The molecule has 0 aliphatic carbocycles. The Morgan fingerprint density at radius 1 is 1.27 bits per heavy atom. The molecule has 1 aliphatic heterocycles. The number of nitrogens with zero attached hydrogens (tertiary/aromatic N) is 6. The van der Waals surface area contributed by atoms with Crippen molar-refractivity contribution in [2.24, 2.45) is 5.73 Å². The predicted octanol–water partition coefficient (Wildman–Crippen LogP) is 2.57. The van der Waals surface area contributed by atoms with Crippen LogP contribution in [-0.4, -0.2) is 45.3 Å². The van der Waals surface area contributed by atoms with Crippen LogP contribution in [0.5, 0.6) is 6.01 Å². The summed E-state index contributed by atoms with van der Waals surface area (Å²) in [6.07, 6.45) is 1.93. The number of halogens is 1. The molecule has 1 aromatic carbocycles. The van der Waals surface area contributed by atoms with E-state index in [9.17, 15) is 4.79 Å². The molecule has 33 heavy (non-hydrogen) atoms. The smallest absolute Gasteiger partial charge is 0.301 e. The summed E-state index contributed by atoms with van der Waals surface area (Å²) < 4.78 is 8.75. The van der Waals surface area contributed by atoms with Crippen molar-refractivity contribution in [2.75, 3.05) is 25.1 Å². The zero-order valence-electron chi connectivity index (χ0n) is 18.6. The summed E-state index contributed by atoms with van der Waals surface area (Å²) in [7, 11) is 1.48. The Hall–Kier alpha value is -3.53. The van der Waals surface area contributed by atoms with Crippen LogP contribution in [-0.2, 0) is 13.1 Å². The first-order valence-corrected chi connectivity index (χ1v) is 10.5. The number of ether oxygens (including phenoxy) is 1. The molecule has 1 saturated heterocycles. The molecule has 1 fully saturated rings. The Morgan fingerprint density at radius 2 is 2.03 bits per heavy atom. The molecule has 10 heteroatoms. The van der Waals surface area contributed by atoms with E-state index in [4.69, 9.17) is 22.0 Å². The summed E-state index contributed by atoms with van der Waals surface area (Å²) in [6.45, 7) is 11.0. The van der Waals surface area contributed by atoms with Crippen LogP contribution in [0, 0.1) is 18.4 Å². The minimum absolute atomic E-state index is 0. The Kier molecular flexibility index (Phi) is 7.59. The highest BCUT2D eigenvalue weighted by atomic mass is 35.5. The van der Waals surface area contributed by atoms with E-state index < -0.39 is 0 Å². The Bertz CT molecular complexity index is 1300. The average molecular weight is 468 g/mol. The molecule has 1 atom stereocenters. The zero-order chi connectivity index (χ0) is 22.7. The van der Waals surface area contributed by atoms with Gasteiger partial charge in [0.1, 0.15) is 0 Å². The van der Waals surface area contributed by atoms with Gasteiger partial charge in [-0.2, -0.15) is 9.97 Å². The molecule has 0 bridgehead atoms. The van der Waals surface area contributed by atoms with Gasteiger partial charge in [-0.25, -0.2) is 4.85 Å². The van der Waals surface area contributed by atoms with Gasteiger partial charge in [0.25, 0.3) is 5.56 Å². The fraction of sp³-hybridized carbons (Fsp3) is 0.391. The lowest BCUT2D eigenvalue weighted by molar-refractivity contribution is 0.353. The van der Waals surface area contributed by atoms with Crippen LogP contribution in [0.25, 0.3) is 16.0 Å². The first kappa shape index (κ1) is 24.1. The monoisotopic (exact) mass is 467 g/mol. The van der Waals surface area contributed by atoms with E-state index in [0.717, 1.165) is 24.9 Å². The summed E-state index contributed by atoms with van der Waals surface area (Å²) in [5.41, 5.74) is 8.06. The molecule has 4 rings (SSSR count). The van der Waals surface area contributed by atoms with Crippen LogP contribution >= 0.6 is 12.4 Å². The van der Waals surface area contributed by atoms with Crippen LogP contribution in [0.15, 0.2) is 29.1 Å². The number of benzene rings is 1. The summed E-state index contributed by atoms with van der Waals surface area (Å²) in [5, 5.41) is 0.